The van der Waals surface area contributed by atoms with Crippen molar-refractivity contribution < 1.29 is 4.74 Å². The van der Waals surface area contributed by atoms with Crippen LogP contribution in [-0.2, 0) is 4.74 Å². The van der Waals surface area contributed by atoms with Crippen molar-refractivity contribution in [1.29, 1.82) is 0 Å². The second-order valence-corrected chi connectivity index (χ2v) is 8.41. The maximum Gasteiger partial charge on any atom is 0.0502 e. The van der Waals surface area contributed by atoms with Crippen molar-refractivity contribution in [2.75, 3.05) is 33.4 Å². The summed E-state index contributed by atoms with van der Waals surface area (Å²) < 4.78 is 5.44. The van der Waals surface area contributed by atoms with E-state index in [1.165, 1.54) is 58.0 Å². The highest BCUT2D eigenvalue weighted by atomic mass is 16.5. The second-order valence-electron chi connectivity index (χ2n) is 8.41. The van der Waals surface area contributed by atoms with Gasteiger partial charge in [-0.1, -0.05) is 0 Å². The predicted molar refractivity (Wildman–Crippen MR) is 85.0 cm³/mol. The lowest BCUT2D eigenvalue weighted by atomic mass is 9.48. The molecule has 0 amide bonds. The largest absolute Gasteiger partial charge is 0.384 e. The number of likely N-dealkylation sites (tertiary alicyclic amines) is 1. The summed E-state index contributed by atoms with van der Waals surface area (Å²) in [6, 6.07) is 0. The molecule has 1 atom stereocenters. The number of ether oxygens (including phenoxy) is 1. The molecule has 5 rings (SSSR count). The Kier molecular flexibility index (Phi) is 3.79. The fourth-order valence-electron chi connectivity index (χ4n) is 6.79. The molecule has 0 radical (unpaired) electrons. The van der Waals surface area contributed by atoms with Crippen LogP contribution in [0.1, 0.15) is 44.9 Å². The van der Waals surface area contributed by atoms with E-state index in [1.807, 2.05) is 7.11 Å². The predicted octanol–water partition coefficient (Wildman–Crippen LogP) is 2.50. The number of nitrogens with zero attached hydrogens (tertiary/aromatic N) is 1. The molecule has 1 saturated heterocycles. The highest BCUT2D eigenvalue weighted by Crippen LogP contribution is 2.60. The highest BCUT2D eigenvalue weighted by molar-refractivity contribution is 5.13. The van der Waals surface area contributed by atoms with Gasteiger partial charge in [-0.2, -0.15) is 0 Å². The van der Waals surface area contributed by atoms with E-state index in [4.69, 9.17) is 10.5 Å². The molecular formula is C18H32N2O. The molecule has 3 heteroatoms. The molecule has 1 heterocycles. The minimum absolute atomic E-state index is 0.347. The van der Waals surface area contributed by atoms with Crippen molar-refractivity contribution in [3.8, 4) is 0 Å². The van der Waals surface area contributed by atoms with Gasteiger partial charge in [0.05, 0.1) is 6.61 Å². The molecule has 5 fully saturated rings. The Morgan fingerprint density at radius 1 is 1.10 bits per heavy atom. The van der Waals surface area contributed by atoms with Gasteiger partial charge in [-0.3, -0.25) is 4.90 Å². The van der Waals surface area contributed by atoms with Gasteiger partial charge in [0.2, 0.25) is 0 Å². The fraction of sp³-hybridized carbons (Fsp3) is 1.00. The number of nitrogens with two attached hydrogens (primary N) is 1. The van der Waals surface area contributed by atoms with Gasteiger partial charge in [0.15, 0.2) is 0 Å². The summed E-state index contributed by atoms with van der Waals surface area (Å²) in [6.45, 7) is 4.33. The van der Waals surface area contributed by atoms with E-state index in [0.717, 1.165) is 42.7 Å². The van der Waals surface area contributed by atoms with Crippen molar-refractivity contribution in [1.82, 2.24) is 4.90 Å². The van der Waals surface area contributed by atoms with Gasteiger partial charge >= 0.3 is 0 Å². The Morgan fingerprint density at radius 2 is 1.76 bits per heavy atom. The monoisotopic (exact) mass is 292 g/mol. The van der Waals surface area contributed by atoms with E-state index in [0.29, 0.717) is 5.54 Å². The van der Waals surface area contributed by atoms with Crippen molar-refractivity contribution >= 4 is 0 Å². The molecular weight excluding hydrogens is 260 g/mol. The molecule has 4 saturated carbocycles. The first-order valence-corrected chi connectivity index (χ1v) is 9.20. The third-order valence-corrected chi connectivity index (χ3v) is 7.39. The van der Waals surface area contributed by atoms with E-state index < -0.39 is 0 Å². The highest BCUT2D eigenvalue weighted by Gasteiger charge is 2.59. The third-order valence-electron chi connectivity index (χ3n) is 7.39. The van der Waals surface area contributed by atoms with Crippen LogP contribution in [0.25, 0.3) is 0 Å². The summed E-state index contributed by atoms with van der Waals surface area (Å²) in [5.41, 5.74) is 6.81. The number of piperidine rings is 1. The van der Waals surface area contributed by atoms with Gasteiger partial charge in [0.25, 0.3) is 0 Å². The zero-order valence-electron chi connectivity index (χ0n) is 13.6. The Hall–Kier alpha value is -0.120. The zero-order chi connectivity index (χ0) is 14.4. The average Bonchev–Trinajstić information content (AvgIpc) is 2.48. The summed E-state index contributed by atoms with van der Waals surface area (Å²) in [6.07, 6.45) is 10.1. The van der Waals surface area contributed by atoms with Gasteiger partial charge in [-0.15, -0.1) is 0 Å². The summed E-state index contributed by atoms with van der Waals surface area (Å²) in [5, 5.41) is 0. The Morgan fingerprint density at radius 3 is 2.33 bits per heavy atom. The van der Waals surface area contributed by atoms with E-state index in [9.17, 15) is 0 Å². The third kappa shape index (κ3) is 2.19. The smallest absolute Gasteiger partial charge is 0.0502 e. The van der Waals surface area contributed by atoms with Crippen LogP contribution in [0, 0.1) is 29.6 Å². The molecule has 4 aliphatic carbocycles. The van der Waals surface area contributed by atoms with E-state index in [-0.39, 0.29) is 0 Å². The maximum atomic E-state index is 6.47. The van der Waals surface area contributed by atoms with Crippen LogP contribution >= 0.6 is 0 Å². The summed E-state index contributed by atoms with van der Waals surface area (Å²) in [7, 11) is 1.85. The molecule has 1 unspecified atom stereocenters. The molecule has 1 aliphatic heterocycles. The Labute approximate surface area is 129 Å². The van der Waals surface area contributed by atoms with Crippen LogP contribution in [0.5, 0.6) is 0 Å². The van der Waals surface area contributed by atoms with E-state index >= 15 is 0 Å². The van der Waals surface area contributed by atoms with Gasteiger partial charge in [0.1, 0.15) is 0 Å². The second kappa shape index (κ2) is 5.50. The quantitative estimate of drug-likeness (QED) is 0.865. The molecule has 0 aromatic carbocycles. The minimum atomic E-state index is 0.347. The first kappa shape index (κ1) is 14.5. The topological polar surface area (TPSA) is 38.5 Å². The zero-order valence-corrected chi connectivity index (χ0v) is 13.6. The standard InChI is InChI=1S/C18H32N2O/c1-21-11-13-3-2-4-20(10-13)18(12-19)16-6-14-5-15(8-16)9-17(18)7-14/h13-17H,2-12,19H2,1H3. The van der Waals surface area contributed by atoms with E-state index in [1.54, 1.807) is 0 Å². The summed E-state index contributed by atoms with van der Waals surface area (Å²) >= 11 is 0. The molecule has 2 N–H and O–H groups in total. The molecule has 21 heavy (non-hydrogen) atoms. The molecule has 4 bridgehead atoms. The Bertz CT molecular complexity index is 353. The minimum Gasteiger partial charge on any atom is -0.384 e. The van der Waals surface area contributed by atoms with Gasteiger partial charge in [-0.05, 0) is 81.1 Å². The molecule has 5 aliphatic rings. The lowest BCUT2D eigenvalue weighted by Gasteiger charge is -2.65. The fourth-order valence-corrected chi connectivity index (χ4v) is 6.79. The first-order chi connectivity index (χ1) is 10.3. The van der Waals surface area contributed by atoms with Gasteiger partial charge in [0, 0.05) is 25.7 Å². The van der Waals surface area contributed by atoms with Crippen molar-refractivity contribution in [3.63, 3.8) is 0 Å². The van der Waals surface area contributed by atoms with E-state index in [2.05, 4.69) is 4.90 Å². The number of methoxy groups -OCH3 is 1. The van der Waals surface area contributed by atoms with Gasteiger partial charge < -0.3 is 10.5 Å². The lowest BCUT2D eigenvalue weighted by Crippen LogP contribution is -2.70. The van der Waals surface area contributed by atoms with Crippen LogP contribution in [0.15, 0.2) is 0 Å². The van der Waals surface area contributed by atoms with Crippen molar-refractivity contribution in [2.24, 2.45) is 35.3 Å². The first-order valence-electron chi connectivity index (χ1n) is 9.20. The van der Waals surface area contributed by atoms with Gasteiger partial charge in [-0.25, -0.2) is 0 Å². The number of hydrogen-bond donors (Lipinski definition) is 1. The average molecular weight is 292 g/mol. The van der Waals surface area contributed by atoms with Crippen LogP contribution < -0.4 is 5.73 Å². The molecule has 3 nitrogen and oxygen atoms in total. The normalized spacial score (nSPS) is 49.7. The van der Waals surface area contributed by atoms with Crippen molar-refractivity contribution in [3.05, 3.63) is 0 Å². The van der Waals surface area contributed by atoms with Crippen LogP contribution in [0.2, 0.25) is 0 Å². The molecule has 0 spiro atoms. The van der Waals surface area contributed by atoms with Crippen LogP contribution in [0.3, 0.4) is 0 Å². The van der Waals surface area contributed by atoms with Crippen molar-refractivity contribution in [2.45, 2.75) is 50.5 Å². The summed E-state index contributed by atoms with van der Waals surface area (Å²) in [4.78, 5) is 2.84. The molecule has 120 valence electrons. The number of rotatable bonds is 4. The maximum absolute atomic E-state index is 6.47. The molecule has 0 aromatic rings. The van der Waals surface area contributed by atoms with Crippen LogP contribution in [0.4, 0.5) is 0 Å². The lowest BCUT2D eigenvalue weighted by molar-refractivity contribution is -0.143. The molecule has 0 aromatic heterocycles. The summed E-state index contributed by atoms with van der Waals surface area (Å²) in [5.74, 6) is 4.57. The Balaban J connectivity index is 1.58. The number of hydrogen-bond acceptors (Lipinski definition) is 3. The van der Waals surface area contributed by atoms with Crippen LogP contribution in [-0.4, -0.2) is 43.8 Å². The SMILES string of the molecule is COCC1CCCN(C2(CN)C3CC4CC(C3)CC2C4)C1.